The fraction of sp³-hybridized carbons (Fsp3) is 0.0870. The van der Waals surface area contributed by atoms with Crippen molar-refractivity contribution in [3.8, 4) is 11.1 Å². The number of sulfonamides is 1. The fourth-order valence-electron chi connectivity index (χ4n) is 3.21. The highest BCUT2D eigenvalue weighted by molar-refractivity contribution is 7.92. The van der Waals surface area contributed by atoms with Gasteiger partial charge in [-0.25, -0.2) is 12.7 Å². The second-order valence-electron chi connectivity index (χ2n) is 6.90. The summed E-state index contributed by atoms with van der Waals surface area (Å²) in [5.41, 5.74) is 1.55. The van der Waals surface area contributed by atoms with E-state index in [1.807, 2.05) is 13.0 Å². The molecule has 4 rings (SSSR count). The second kappa shape index (κ2) is 7.63. The van der Waals surface area contributed by atoms with Crippen LogP contribution in [0.25, 0.3) is 22.1 Å². The zero-order valence-corrected chi connectivity index (χ0v) is 17.9. The maximum absolute atomic E-state index is 13.4. The summed E-state index contributed by atoms with van der Waals surface area (Å²) in [6, 6.07) is 20.0. The molecule has 5 nitrogen and oxygen atoms in total. The molecule has 152 valence electrons. The number of hydrogen-bond donors (Lipinski definition) is 0. The molecule has 7 heteroatoms. The number of aryl methyl sites for hydroxylation is 1. The summed E-state index contributed by atoms with van der Waals surface area (Å²) >= 11 is 6.07. The molecule has 0 aliphatic carbocycles. The first-order valence-corrected chi connectivity index (χ1v) is 11.0. The average molecular weight is 440 g/mol. The van der Waals surface area contributed by atoms with E-state index in [1.165, 1.54) is 25.2 Å². The number of anilines is 1. The number of rotatable bonds is 4. The summed E-state index contributed by atoms with van der Waals surface area (Å²) < 4.78 is 33.5. The third-order valence-electron chi connectivity index (χ3n) is 4.86. The Labute approximate surface area is 179 Å². The molecule has 0 unspecified atom stereocenters. The molecule has 0 radical (unpaired) electrons. The van der Waals surface area contributed by atoms with Gasteiger partial charge in [0.05, 0.1) is 15.8 Å². The van der Waals surface area contributed by atoms with Crippen molar-refractivity contribution in [1.82, 2.24) is 0 Å². The van der Waals surface area contributed by atoms with Crippen LogP contribution >= 0.6 is 11.6 Å². The number of hydrogen-bond acceptors (Lipinski definition) is 4. The van der Waals surface area contributed by atoms with Gasteiger partial charge in [0, 0.05) is 12.1 Å². The SMILES string of the molecule is Cc1ccc(S(=O)(=O)N(C)c2oc3ccc(Cl)cc3c(=O)c2-c2ccccc2)cc1. The number of nitrogens with zero attached hydrogens (tertiary/aromatic N) is 1. The van der Waals surface area contributed by atoms with Crippen LogP contribution in [0.15, 0.2) is 86.9 Å². The molecule has 0 saturated carbocycles. The predicted molar refractivity (Wildman–Crippen MR) is 120 cm³/mol. The Morgan fingerprint density at radius 1 is 0.933 bits per heavy atom. The lowest BCUT2D eigenvalue weighted by molar-refractivity contribution is 0.576. The quantitative estimate of drug-likeness (QED) is 0.435. The van der Waals surface area contributed by atoms with Gasteiger partial charge in [-0.1, -0.05) is 59.6 Å². The van der Waals surface area contributed by atoms with Gasteiger partial charge in [0.1, 0.15) is 5.58 Å². The van der Waals surface area contributed by atoms with Crippen molar-refractivity contribution in [3.05, 3.63) is 93.6 Å². The average Bonchev–Trinajstić information content (AvgIpc) is 2.74. The Kier molecular flexibility index (Phi) is 5.13. The minimum Gasteiger partial charge on any atom is -0.439 e. The molecule has 3 aromatic carbocycles. The Balaban J connectivity index is 2.01. The first-order valence-electron chi connectivity index (χ1n) is 9.16. The van der Waals surface area contributed by atoms with E-state index in [0.29, 0.717) is 10.6 Å². The van der Waals surface area contributed by atoms with Crippen molar-refractivity contribution < 1.29 is 12.8 Å². The van der Waals surface area contributed by atoms with Gasteiger partial charge in [0.15, 0.2) is 0 Å². The maximum Gasteiger partial charge on any atom is 0.266 e. The van der Waals surface area contributed by atoms with E-state index in [2.05, 4.69) is 0 Å². The molecule has 30 heavy (non-hydrogen) atoms. The van der Waals surface area contributed by atoms with E-state index >= 15 is 0 Å². The number of halogens is 1. The highest BCUT2D eigenvalue weighted by Crippen LogP contribution is 2.34. The van der Waals surface area contributed by atoms with Gasteiger partial charge in [-0.05, 0) is 42.8 Å². The minimum atomic E-state index is -3.96. The van der Waals surface area contributed by atoms with Gasteiger partial charge in [0.25, 0.3) is 10.0 Å². The van der Waals surface area contributed by atoms with Crippen molar-refractivity contribution >= 4 is 38.5 Å². The van der Waals surface area contributed by atoms with Crippen LogP contribution in [0.2, 0.25) is 5.02 Å². The van der Waals surface area contributed by atoms with E-state index in [9.17, 15) is 13.2 Å². The molecular formula is C23H18ClNO4S. The zero-order valence-electron chi connectivity index (χ0n) is 16.3. The molecule has 0 spiro atoms. The summed E-state index contributed by atoms with van der Waals surface area (Å²) in [5.74, 6) is -0.0541. The first-order chi connectivity index (χ1) is 14.3. The summed E-state index contributed by atoms with van der Waals surface area (Å²) in [6.45, 7) is 1.88. The molecule has 0 saturated heterocycles. The van der Waals surface area contributed by atoms with E-state index < -0.39 is 10.0 Å². The summed E-state index contributed by atoms with van der Waals surface area (Å²) in [6.07, 6.45) is 0. The monoisotopic (exact) mass is 439 g/mol. The van der Waals surface area contributed by atoms with Crippen LogP contribution in [0, 0.1) is 6.92 Å². The minimum absolute atomic E-state index is 0.0541. The Morgan fingerprint density at radius 3 is 2.27 bits per heavy atom. The maximum atomic E-state index is 13.4. The van der Waals surface area contributed by atoms with Crippen molar-refractivity contribution in [3.63, 3.8) is 0 Å². The van der Waals surface area contributed by atoms with Gasteiger partial charge >= 0.3 is 0 Å². The summed E-state index contributed by atoms with van der Waals surface area (Å²) in [5, 5.41) is 0.674. The van der Waals surface area contributed by atoms with Crippen molar-refractivity contribution in [2.75, 3.05) is 11.4 Å². The Bertz CT molecular complexity index is 1400. The number of benzene rings is 3. The van der Waals surface area contributed by atoms with Crippen LogP contribution in [0.5, 0.6) is 0 Å². The highest BCUT2D eigenvalue weighted by atomic mass is 35.5. The standard InChI is InChI=1S/C23H18ClNO4S/c1-15-8-11-18(12-9-15)30(27,28)25(2)23-21(16-6-4-3-5-7-16)22(26)19-14-17(24)10-13-20(19)29-23/h3-14H,1-2H3. The highest BCUT2D eigenvalue weighted by Gasteiger charge is 2.28. The van der Waals surface area contributed by atoms with Gasteiger partial charge in [-0.2, -0.15) is 0 Å². The van der Waals surface area contributed by atoms with E-state index in [1.54, 1.807) is 48.5 Å². The molecule has 0 aliphatic rings. The van der Waals surface area contributed by atoms with Crippen LogP contribution in [0.3, 0.4) is 0 Å². The lowest BCUT2D eigenvalue weighted by atomic mass is 10.0. The first kappa shape index (κ1) is 20.2. The second-order valence-corrected chi connectivity index (χ2v) is 9.31. The molecule has 0 aliphatic heterocycles. The van der Waals surface area contributed by atoms with Crippen LogP contribution in [0.4, 0.5) is 5.88 Å². The lowest BCUT2D eigenvalue weighted by Crippen LogP contribution is -2.28. The number of fused-ring (bicyclic) bond motifs is 1. The normalized spacial score (nSPS) is 11.6. The Morgan fingerprint density at radius 2 is 1.60 bits per heavy atom. The van der Waals surface area contributed by atoms with Crippen molar-refractivity contribution in [2.45, 2.75) is 11.8 Å². The van der Waals surface area contributed by atoms with Gasteiger partial charge in [-0.3, -0.25) is 4.79 Å². The molecular weight excluding hydrogens is 422 g/mol. The topological polar surface area (TPSA) is 67.6 Å². The molecule has 0 fully saturated rings. The van der Waals surface area contributed by atoms with E-state index in [4.69, 9.17) is 16.0 Å². The third-order valence-corrected chi connectivity index (χ3v) is 6.85. The molecule has 0 bridgehead atoms. The summed E-state index contributed by atoms with van der Waals surface area (Å²) in [4.78, 5) is 13.5. The zero-order chi connectivity index (χ0) is 21.5. The fourth-order valence-corrected chi connectivity index (χ4v) is 4.53. The van der Waals surface area contributed by atoms with Crippen LogP contribution < -0.4 is 9.73 Å². The van der Waals surface area contributed by atoms with Crippen molar-refractivity contribution in [2.24, 2.45) is 0 Å². The van der Waals surface area contributed by atoms with Gasteiger partial charge in [0.2, 0.25) is 11.3 Å². The van der Waals surface area contributed by atoms with Gasteiger partial charge in [-0.15, -0.1) is 0 Å². The third kappa shape index (κ3) is 3.49. The van der Waals surface area contributed by atoms with Crippen LogP contribution in [0.1, 0.15) is 5.56 Å². The molecule has 1 aromatic heterocycles. The van der Waals surface area contributed by atoms with Gasteiger partial charge < -0.3 is 4.42 Å². The van der Waals surface area contributed by atoms with E-state index in [0.717, 1.165) is 9.87 Å². The molecule has 0 atom stereocenters. The molecule has 1 heterocycles. The lowest BCUT2D eigenvalue weighted by Gasteiger charge is -2.21. The molecule has 0 N–H and O–H groups in total. The molecule has 0 amide bonds. The predicted octanol–water partition coefficient (Wildman–Crippen LogP) is 5.25. The smallest absolute Gasteiger partial charge is 0.266 e. The van der Waals surface area contributed by atoms with E-state index in [-0.39, 0.29) is 32.7 Å². The molecule has 4 aromatic rings. The van der Waals surface area contributed by atoms with Crippen LogP contribution in [-0.2, 0) is 10.0 Å². The van der Waals surface area contributed by atoms with Crippen molar-refractivity contribution in [1.29, 1.82) is 0 Å². The Hall–Kier alpha value is -3.09. The summed E-state index contributed by atoms with van der Waals surface area (Å²) in [7, 11) is -2.58. The van der Waals surface area contributed by atoms with Crippen LogP contribution in [-0.4, -0.2) is 15.5 Å². The largest absolute Gasteiger partial charge is 0.439 e.